The molecule has 0 saturated heterocycles. The summed E-state index contributed by atoms with van der Waals surface area (Å²) in [4.78, 5) is 22.9. The Kier molecular flexibility index (Phi) is 4.14. The van der Waals surface area contributed by atoms with Crippen LogP contribution in [0.3, 0.4) is 0 Å². The van der Waals surface area contributed by atoms with Crippen molar-refractivity contribution in [3.8, 4) is 0 Å². The molecule has 17 heavy (non-hydrogen) atoms. The molecule has 0 atom stereocenters. The van der Waals surface area contributed by atoms with Crippen LogP contribution >= 0.6 is 0 Å². The first-order chi connectivity index (χ1) is 7.81. The van der Waals surface area contributed by atoms with Crippen molar-refractivity contribution in [1.82, 2.24) is 5.32 Å². The van der Waals surface area contributed by atoms with Crippen LogP contribution in [-0.4, -0.2) is 29.1 Å². The summed E-state index contributed by atoms with van der Waals surface area (Å²) in [6.45, 7) is 3.79. The second kappa shape index (κ2) is 5.04. The highest BCUT2D eigenvalue weighted by atomic mass is 16.4. The fourth-order valence-corrected chi connectivity index (χ4v) is 2.19. The van der Waals surface area contributed by atoms with Crippen LogP contribution < -0.4 is 11.1 Å². The number of hydrogen-bond acceptors (Lipinski definition) is 3. The van der Waals surface area contributed by atoms with Gasteiger partial charge in [0.1, 0.15) is 0 Å². The summed E-state index contributed by atoms with van der Waals surface area (Å²) in [5.41, 5.74) is 4.34. The summed E-state index contributed by atoms with van der Waals surface area (Å²) in [5, 5.41) is 11.9. The molecular weight excluding hydrogens is 220 g/mol. The number of nitrogens with two attached hydrogens (primary N) is 1. The van der Waals surface area contributed by atoms with Gasteiger partial charge >= 0.3 is 5.97 Å². The zero-order valence-electron chi connectivity index (χ0n) is 10.6. The van der Waals surface area contributed by atoms with Gasteiger partial charge in [0.2, 0.25) is 5.91 Å². The first-order valence-corrected chi connectivity index (χ1v) is 6.06. The van der Waals surface area contributed by atoms with Gasteiger partial charge < -0.3 is 16.2 Å². The average molecular weight is 242 g/mol. The van der Waals surface area contributed by atoms with Gasteiger partial charge in [-0.1, -0.05) is 12.8 Å². The number of aliphatic carboxylic acids is 1. The number of nitrogens with one attached hydrogen (secondary N) is 1. The molecule has 1 fully saturated rings. The van der Waals surface area contributed by atoms with Crippen molar-refractivity contribution in [2.24, 2.45) is 11.1 Å². The van der Waals surface area contributed by atoms with Gasteiger partial charge in [-0.3, -0.25) is 9.59 Å². The number of rotatable bonds is 5. The Balaban J connectivity index is 2.74. The van der Waals surface area contributed by atoms with E-state index in [1.807, 2.05) is 0 Å². The maximum atomic E-state index is 12.1. The number of hydrogen-bond donors (Lipinski definition) is 3. The minimum atomic E-state index is -0.863. The Hall–Kier alpha value is -1.10. The summed E-state index contributed by atoms with van der Waals surface area (Å²) in [5.74, 6) is -1.01. The Morgan fingerprint density at radius 1 is 1.35 bits per heavy atom. The van der Waals surface area contributed by atoms with Gasteiger partial charge in [-0.05, 0) is 26.7 Å². The molecule has 0 bridgehead atoms. The van der Waals surface area contributed by atoms with Crippen molar-refractivity contribution in [3.05, 3.63) is 0 Å². The lowest BCUT2D eigenvalue weighted by atomic mass is 9.87. The number of carboxylic acid groups (broad SMARTS) is 1. The van der Waals surface area contributed by atoms with E-state index in [1.165, 1.54) is 0 Å². The van der Waals surface area contributed by atoms with E-state index in [0.717, 1.165) is 25.7 Å². The van der Waals surface area contributed by atoms with E-state index in [9.17, 15) is 9.59 Å². The molecule has 0 spiro atoms. The molecule has 1 aliphatic rings. The van der Waals surface area contributed by atoms with E-state index in [4.69, 9.17) is 10.8 Å². The first-order valence-electron chi connectivity index (χ1n) is 6.06. The lowest BCUT2D eigenvalue weighted by molar-refractivity contribution is -0.139. The minimum Gasteiger partial charge on any atom is -0.481 e. The van der Waals surface area contributed by atoms with Gasteiger partial charge in [-0.15, -0.1) is 0 Å². The molecule has 0 aromatic carbocycles. The van der Waals surface area contributed by atoms with Gasteiger partial charge in [0, 0.05) is 6.54 Å². The summed E-state index contributed by atoms with van der Waals surface area (Å²) >= 11 is 0. The van der Waals surface area contributed by atoms with Crippen molar-refractivity contribution in [1.29, 1.82) is 0 Å². The van der Waals surface area contributed by atoms with Crippen LogP contribution in [0.2, 0.25) is 0 Å². The highest BCUT2D eigenvalue weighted by Gasteiger charge is 2.40. The zero-order valence-corrected chi connectivity index (χ0v) is 10.6. The van der Waals surface area contributed by atoms with E-state index in [-0.39, 0.29) is 18.9 Å². The minimum absolute atomic E-state index is 0.000604. The van der Waals surface area contributed by atoms with Crippen LogP contribution in [0.4, 0.5) is 0 Å². The lowest BCUT2D eigenvalue weighted by Crippen LogP contribution is -2.53. The molecule has 0 aromatic rings. The van der Waals surface area contributed by atoms with E-state index in [0.29, 0.717) is 0 Å². The molecule has 0 heterocycles. The fraction of sp³-hybridized carbons (Fsp3) is 0.833. The predicted octanol–water partition coefficient (Wildman–Crippen LogP) is 0.875. The number of carbonyl (C=O) groups excluding carboxylic acids is 1. The van der Waals surface area contributed by atoms with Gasteiger partial charge in [0.25, 0.3) is 0 Å². The Labute approximate surface area is 102 Å². The maximum absolute atomic E-state index is 12.1. The van der Waals surface area contributed by atoms with Crippen molar-refractivity contribution < 1.29 is 14.7 Å². The third-order valence-electron chi connectivity index (χ3n) is 3.55. The highest BCUT2D eigenvalue weighted by molar-refractivity contribution is 5.83. The molecule has 5 nitrogen and oxygen atoms in total. The largest absolute Gasteiger partial charge is 0.481 e. The van der Waals surface area contributed by atoms with Gasteiger partial charge in [-0.25, -0.2) is 0 Å². The van der Waals surface area contributed by atoms with Crippen LogP contribution in [0.15, 0.2) is 0 Å². The molecule has 0 aromatic heterocycles. The number of carbonyl (C=O) groups is 2. The molecular formula is C12H22N2O3. The molecule has 1 amide bonds. The molecule has 4 N–H and O–H groups in total. The highest BCUT2D eigenvalue weighted by Crippen LogP contribution is 2.33. The zero-order chi connectivity index (χ0) is 13.1. The number of amides is 1. The van der Waals surface area contributed by atoms with Crippen LogP contribution in [0.5, 0.6) is 0 Å². The summed E-state index contributed by atoms with van der Waals surface area (Å²) in [7, 11) is 0. The van der Waals surface area contributed by atoms with Crippen LogP contribution in [0.1, 0.15) is 46.0 Å². The van der Waals surface area contributed by atoms with Crippen molar-refractivity contribution in [2.45, 2.75) is 51.5 Å². The van der Waals surface area contributed by atoms with Crippen LogP contribution in [0, 0.1) is 5.41 Å². The fourth-order valence-electron chi connectivity index (χ4n) is 2.19. The topological polar surface area (TPSA) is 92.4 Å². The molecule has 1 aliphatic carbocycles. The van der Waals surface area contributed by atoms with E-state index in [2.05, 4.69) is 5.32 Å². The Bertz CT molecular complexity index is 307. The second-order valence-corrected chi connectivity index (χ2v) is 5.60. The predicted molar refractivity (Wildman–Crippen MR) is 64.4 cm³/mol. The van der Waals surface area contributed by atoms with Gasteiger partial charge in [0.05, 0.1) is 17.4 Å². The van der Waals surface area contributed by atoms with Crippen molar-refractivity contribution >= 4 is 11.9 Å². The van der Waals surface area contributed by atoms with Crippen LogP contribution in [-0.2, 0) is 9.59 Å². The molecule has 1 rings (SSSR count). The van der Waals surface area contributed by atoms with E-state index in [1.54, 1.807) is 13.8 Å². The van der Waals surface area contributed by atoms with Crippen molar-refractivity contribution in [2.75, 3.05) is 6.54 Å². The molecule has 0 unspecified atom stereocenters. The maximum Gasteiger partial charge on any atom is 0.305 e. The van der Waals surface area contributed by atoms with Crippen molar-refractivity contribution in [3.63, 3.8) is 0 Å². The molecule has 1 saturated carbocycles. The Morgan fingerprint density at radius 2 is 1.88 bits per heavy atom. The third-order valence-corrected chi connectivity index (χ3v) is 3.55. The van der Waals surface area contributed by atoms with Crippen LogP contribution in [0.25, 0.3) is 0 Å². The van der Waals surface area contributed by atoms with E-state index >= 15 is 0 Å². The molecule has 0 aliphatic heterocycles. The number of carboxylic acids is 1. The second-order valence-electron chi connectivity index (χ2n) is 5.60. The van der Waals surface area contributed by atoms with E-state index < -0.39 is 16.9 Å². The molecule has 5 heteroatoms. The lowest BCUT2D eigenvalue weighted by Gasteiger charge is -2.33. The Morgan fingerprint density at radius 3 is 2.29 bits per heavy atom. The van der Waals surface area contributed by atoms with Gasteiger partial charge in [-0.2, -0.15) is 0 Å². The standard InChI is InChI=1S/C12H22N2O3/c1-11(2,8-13)10(17)14-12(7-9(15)16)5-3-4-6-12/h3-8,13H2,1-2H3,(H,14,17)(H,15,16). The smallest absolute Gasteiger partial charge is 0.305 e. The molecule has 0 radical (unpaired) electrons. The summed E-state index contributed by atoms with van der Waals surface area (Å²) in [6, 6.07) is 0. The first kappa shape index (κ1) is 14.0. The summed E-state index contributed by atoms with van der Waals surface area (Å²) in [6.07, 6.45) is 3.42. The molecule has 98 valence electrons. The third kappa shape index (κ3) is 3.43. The van der Waals surface area contributed by atoms with Gasteiger partial charge in [0.15, 0.2) is 0 Å². The monoisotopic (exact) mass is 242 g/mol. The average Bonchev–Trinajstić information content (AvgIpc) is 2.65. The SMILES string of the molecule is CC(C)(CN)C(=O)NC1(CC(=O)O)CCCC1. The summed E-state index contributed by atoms with van der Waals surface area (Å²) < 4.78 is 0. The quantitative estimate of drug-likeness (QED) is 0.667. The normalized spacial score (nSPS) is 19.0.